The number of aromatic nitrogens is 6. The summed E-state index contributed by atoms with van der Waals surface area (Å²) in [4.78, 5) is 43.8. The number of fused-ring (bicyclic) bond motifs is 1. The van der Waals surface area contributed by atoms with E-state index in [2.05, 4.69) is 25.5 Å². The molecule has 0 aliphatic carbocycles. The van der Waals surface area contributed by atoms with Gasteiger partial charge in [0, 0.05) is 17.5 Å². The molecule has 12 heteroatoms. The third-order valence-corrected chi connectivity index (χ3v) is 4.87. The van der Waals surface area contributed by atoms with Crippen LogP contribution in [0.1, 0.15) is 25.5 Å². The van der Waals surface area contributed by atoms with E-state index in [4.69, 9.17) is 16.3 Å². The summed E-state index contributed by atoms with van der Waals surface area (Å²) in [5.74, 6) is -0.484. The normalized spacial score (nSPS) is 11.0. The van der Waals surface area contributed by atoms with Crippen molar-refractivity contribution in [2.24, 2.45) is 0 Å². The van der Waals surface area contributed by atoms with Crippen molar-refractivity contribution in [3.8, 4) is 11.6 Å². The van der Waals surface area contributed by atoms with Crippen LogP contribution in [0.25, 0.3) is 22.7 Å². The second-order valence-corrected chi connectivity index (χ2v) is 7.54. The molecule has 0 atom stereocenters. The van der Waals surface area contributed by atoms with E-state index in [9.17, 15) is 14.4 Å². The van der Waals surface area contributed by atoms with Gasteiger partial charge in [-0.05, 0) is 32.0 Å². The summed E-state index contributed by atoms with van der Waals surface area (Å²) >= 11 is 6.09. The summed E-state index contributed by atoms with van der Waals surface area (Å²) < 4.78 is 7.65. The number of anilines is 1. The lowest BCUT2D eigenvalue weighted by Crippen LogP contribution is -2.19. The average molecular weight is 470 g/mol. The largest absolute Gasteiger partial charge is 0.466 e. The molecule has 0 radical (unpaired) electrons. The fraction of sp³-hybridized carbons (Fsp3) is 0.238. The van der Waals surface area contributed by atoms with Gasteiger partial charge in [-0.25, -0.2) is 4.68 Å². The van der Waals surface area contributed by atoms with Crippen LogP contribution in [0, 0.1) is 6.92 Å². The Morgan fingerprint density at radius 3 is 2.79 bits per heavy atom. The van der Waals surface area contributed by atoms with E-state index in [0.717, 1.165) is 0 Å². The first-order valence-corrected chi connectivity index (χ1v) is 10.5. The number of aromatic amines is 1. The standard InChI is InChI=1S/C21H20ClN7O4/c1-3-33-18(31)8-7-17(30)24-16-9-12(2)27-29(16)21-25-19-15(20(32)26-21)11-23-28(19)14-6-4-5-13(22)10-14/h4-6,9-11H,3,7-8H2,1-2H3,(H,24,30)(H,25,26,32). The average Bonchev–Trinajstić information content (AvgIpc) is 3.36. The second kappa shape index (κ2) is 9.25. The summed E-state index contributed by atoms with van der Waals surface area (Å²) in [6.07, 6.45) is 1.30. The minimum Gasteiger partial charge on any atom is -0.466 e. The number of H-pyrrole nitrogens is 1. The number of ether oxygens (including phenoxy) is 1. The summed E-state index contributed by atoms with van der Waals surface area (Å²) in [5.41, 5.74) is 1.09. The number of rotatable bonds is 7. The lowest BCUT2D eigenvalue weighted by Gasteiger charge is -2.09. The Balaban J connectivity index is 1.68. The number of esters is 1. The molecular weight excluding hydrogens is 450 g/mol. The molecule has 0 aliphatic heterocycles. The van der Waals surface area contributed by atoms with Crippen LogP contribution in [-0.4, -0.2) is 48.0 Å². The highest BCUT2D eigenvalue weighted by Crippen LogP contribution is 2.20. The summed E-state index contributed by atoms with van der Waals surface area (Å²) in [6.45, 7) is 3.68. The molecule has 0 aliphatic rings. The smallest absolute Gasteiger partial charge is 0.306 e. The van der Waals surface area contributed by atoms with Gasteiger partial charge in [0.05, 0.1) is 30.6 Å². The molecule has 0 saturated carbocycles. The van der Waals surface area contributed by atoms with E-state index in [1.165, 1.54) is 15.6 Å². The molecule has 0 saturated heterocycles. The van der Waals surface area contributed by atoms with Crippen molar-refractivity contribution in [2.45, 2.75) is 26.7 Å². The number of hydrogen-bond acceptors (Lipinski definition) is 7. The number of carbonyl (C=O) groups is 2. The SMILES string of the molecule is CCOC(=O)CCC(=O)Nc1cc(C)nn1-c1nc2c(cnn2-c2cccc(Cl)c2)c(=O)[nH]1. The number of aryl methyl sites for hydroxylation is 1. The molecule has 1 aromatic carbocycles. The van der Waals surface area contributed by atoms with Crippen LogP contribution in [0.3, 0.4) is 0 Å². The van der Waals surface area contributed by atoms with E-state index in [1.807, 2.05) is 0 Å². The highest BCUT2D eigenvalue weighted by Gasteiger charge is 2.17. The van der Waals surface area contributed by atoms with Crippen LogP contribution >= 0.6 is 11.6 Å². The fourth-order valence-corrected chi connectivity index (χ4v) is 3.39. The zero-order valence-corrected chi connectivity index (χ0v) is 18.6. The maximum Gasteiger partial charge on any atom is 0.306 e. The predicted octanol–water partition coefficient (Wildman–Crippen LogP) is 2.54. The molecule has 1 amide bonds. The van der Waals surface area contributed by atoms with Gasteiger partial charge in [-0.2, -0.15) is 19.9 Å². The minimum absolute atomic E-state index is 0.0490. The Kier molecular flexibility index (Phi) is 6.22. The van der Waals surface area contributed by atoms with Gasteiger partial charge in [0.1, 0.15) is 11.2 Å². The van der Waals surface area contributed by atoms with Crippen molar-refractivity contribution in [3.05, 3.63) is 57.6 Å². The maximum absolute atomic E-state index is 12.7. The molecule has 33 heavy (non-hydrogen) atoms. The van der Waals surface area contributed by atoms with Gasteiger partial charge < -0.3 is 10.1 Å². The van der Waals surface area contributed by atoms with E-state index in [-0.39, 0.29) is 36.6 Å². The van der Waals surface area contributed by atoms with E-state index >= 15 is 0 Å². The molecular formula is C21H20ClN7O4. The van der Waals surface area contributed by atoms with E-state index in [1.54, 1.807) is 44.2 Å². The lowest BCUT2D eigenvalue weighted by atomic mass is 10.3. The fourth-order valence-electron chi connectivity index (χ4n) is 3.21. The molecule has 0 fully saturated rings. The Hall–Kier alpha value is -3.99. The summed E-state index contributed by atoms with van der Waals surface area (Å²) in [6, 6.07) is 8.60. The summed E-state index contributed by atoms with van der Waals surface area (Å²) in [5, 5.41) is 12.1. The molecule has 0 unspecified atom stereocenters. The number of carbonyl (C=O) groups excluding carboxylic acids is 2. The Morgan fingerprint density at radius 2 is 2.03 bits per heavy atom. The van der Waals surface area contributed by atoms with Crippen molar-refractivity contribution in [2.75, 3.05) is 11.9 Å². The van der Waals surface area contributed by atoms with Crippen LogP contribution in [-0.2, 0) is 14.3 Å². The van der Waals surface area contributed by atoms with Crippen molar-refractivity contribution in [1.82, 2.24) is 29.5 Å². The molecule has 170 valence electrons. The molecule has 2 N–H and O–H groups in total. The van der Waals surface area contributed by atoms with Crippen molar-refractivity contribution >= 4 is 40.3 Å². The van der Waals surface area contributed by atoms with Gasteiger partial charge in [-0.1, -0.05) is 17.7 Å². The van der Waals surface area contributed by atoms with Crippen LogP contribution < -0.4 is 10.9 Å². The first kappa shape index (κ1) is 22.2. The van der Waals surface area contributed by atoms with Gasteiger partial charge in [0.15, 0.2) is 5.65 Å². The van der Waals surface area contributed by atoms with Crippen LogP contribution in [0.2, 0.25) is 5.02 Å². The minimum atomic E-state index is -0.455. The Morgan fingerprint density at radius 1 is 1.21 bits per heavy atom. The molecule has 0 bridgehead atoms. The highest BCUT2D eigenvalue weighted by atomic mass is 35.5. The quantitative estimate of drug-likeness (QED) is 0.397. The predicted molar refractivity (Wildman–Crippen MR) is 121 cm³/mol. The summed E-state index contributed by atoms with van der Waals surface area (Å²) in [7, 11) is 0. The van der Waals surface area contributed by atoms with Gasteiger partial charge in [0.25, 0.3) is 5.56 Å². The zero-order valence-electron chi connectivity index (χ0n) is 17.8. The van der Waals surface area contributed by atoms with Crippen LogP contribution in [0.5, 0.6) is 0 Å². The number of amides is 1. The number of hydrogen-bond donors (Lipinski definition) is 2. The van der Waals surface area contributed by atoms with Crippen molar-refractivity contribution in [3.63, 3.8) is 0 Å². The number of nitrogens with zero attached hydrogens (tertiary/aromatic N) is 5. The maximum atomic E-state index is 12.7. The monoisotopic (exact) mass is 469 g/mol. The third kappa shape index (κ3) is 4.77. The van der Waals surface area contributed by atoms with Crippen LogP contribution in [0.15, 0.2) is 41.3 Å². The van der Waals surface area contributed by atoms with Gasteiger partial charge in [0.2, 0.25) is 11.9 Å². The topological polar surface area (TPSA) is 137 Å². The number of halogens is 1. The Bertz CT molecular complexity index is 1410. The molecule has 4 rings (SSSR count). The number of nitrogens with one attached hydrogen (secondary N) is 2. The number of benzene rings is 1. The lowest BCUT2D eigenvalue weighted by molar-refractivity contribution is -0.144. The van der Waals surface area contributed by atoms with Crippen molar-refractivity contribution in [1.29, 1.82) is 0 Å². The van der Waals surface area contributed by atoms with Crippen molar-refractivity contribution < 1.29 is 14.3 Å². The molecule has 4 aromatic rings. The van der Waals surface area contributed by atoms with Gasteiger partial charge >= 0.3 is 5.97 Å². The van der Waals surface area contributed by atoms with E-state index in [0.29, 0.717) is 22.1 Å². The first-order valence-electron chi connectivity index (χ1n) is 10.1. The molecule has 3 aromatic heterocycles. The first-order chi connectivity index (χ1) is 15.9. The van der Waals surface area contributed by atoms with E-state index < -0.39 is 17.4 Å². The highest BCUT2D eigenvalue weighted by molar-refractivity contribution is 6.30. The van der Waals surface area contributed by atoms with Crippen LogP contribution in [0.4, 0.5) is 5.82 Å². The van der Waals surface area contributed by atoms with Gasteiger partial charge in [-0.15, -0.1) is 0 Å². The zero-order chi connectivity index (χ0) is 23.5. The molecule has 0 spiro atoms. The second-order valence-electron chi connectivity index (χ2n) is 7.10. The molecule has 3 heterocycles. The third-order valence-electron chi connectivity index (χ3n) is 4.64. The Labute approximate surface area is 192 Å². The molecule has 11 nitrogen and oxygen atoms in total. The van der Waals surface area contributed by atoms with Gasteiger partial charge in [-0.3, -0.25) is 19.4 Å².